The summed E-state index contributed by atoms with van der Waals surface area (Å²) >= 11 is 0. The van der Waals surface area contributed by atoms with Gasteiger partial charge in [0.2, 0.25) is 0 Å². The zero-order chi connectivity index (χ0) is 13.4. The topological polar surface area (TPSA) is 24.5 Å². The highest BCUT2D eigenvalue weighted by molar-refractivity contribution is 4.80. The summed E-state index contributed by atoms with van der Waals surface area (Å²) in [5, 5.41) is 3.72. The molecule has 0 bridgehead atoms. The van der Waals surface area contributed by atoms with E-state index in [0.29, 0.717) is 12.1 Å². The molecule has 0 saturated carbocycles. The smallest absolute Gasteiger partial charge is 0.0480 e. The molecule has 1 heterocycles. The zero-order valence-corrected chi connectivity index (χ0v) is 12.7. The maximum Gasteiger partial charge on any atom is 0.0480 e. The van der Waals surface area contributed by atoms with Gasteiger partial charge >= 0.3 is 0 Å². The van der Waals surface area contributed by atoms with Crippen molar-refractivity contribution in [3.8, 4) is 0 Å². The standard InChI is InChI=1S/C15H32N2O/c1-5-9-16-15(13(3)6-2)12-17(4)14-7-10-18-11-8-14/h13-16H,5-12H2,1-4H3. The minimum atomic E-state index is 0.628. The first-order valence-electron chi connectivity index (χ1n) is 7.70. The van der Waals surface area contributed by atoms with Gasteiger partial charge in [-0.3, -0.25) is 0 Å². The molecule has 0 aliphatic carbocycles. The Labute approximate surface area is 113 Å². The normalized spacial score (nSPS) is 21.2. The van der Waals surface area contributed by atoms with E-state index in [1.807, 2.05) is 0 Å². The first-order chi connectivity index (χ1) is 8.69. The van der Waals surface area contributed by atoms with Gasteiger partial charge in [0.25, 0.3) is 0 Å². The lowest BCUT2D eigenvalue weighted by Crippen LogP contribution is -2.48. The summed E-state index contributed by atoms with van der Waals surface area (Å²) in [5.41, 5.74) is 0. The Morgan fingerprint density at radius 2 is 1.94 bits per heavy atom. The Morgan fingerprint density at radius 1 is 1.28 bits per heavy atom. The Kier molecular flexibility index (Phi) is 7.87. The number of nitrogens with zero attached hydrogens (tertiary/aromatic N) is 1. The molecule has 1 N–H and O–H groups in total. The fourth-order valence-corrected chi connectivity index (χ4v) is 2.65. The van der Waals surface area contributed by atoms with Gasteiger partial charge < -0.3 is 15.0 Å². The summed E-state index contributed by atoms with van der Waals surface area (Å²) in [7, 11) is 2.28. The van der Waals surface area contributed by atoms with E-state index in [1.165, 1.54) is 32.2 Å². The maximum atomic E-state index is 5.45. The van der Waals surface area contributed by atoms with Gasteiger partial charge in [-0.25, -0.2) is 0 Å². The minimum absolute atomic E-state index is 0.628. The Hall–Kier alpha value is -0.120. The van der Waals surface area contributed by atoms with E-state index in [0.717, 1.165) is 25.7 Å². The Balaban J connectivity index is 2.41. The molecule has 0 radical (unpaired) electrons. The van der Waals surface area contributed by atoms with Crippen molar-refractivity contribution in [3.63, 3.8) is 0 Å². The van der Waals surface area contributed by atoms with E-state index >= 15 is 0 Å². The molecular weight excluding hydrogens is 224 g/mol. The number of nitrogens with one attached hydrogen (secondary N) is 1. The van der Waals surface area contributed by atoms with E-state index in [9.17, 15) is 0 Å². The molecule has 1 fully saturated rings. The molecule has 18 heavy (non-hydrogen) atoms. The molecule has 3 heteroatoms. The van der Waals surface area contributed by atoms with Crippen LogP contribution in [0, 0.1) is 5.92 Å². The number of hydrogen-bond acceptors (Lipinski definition) is 3. The third kappa shape index (κ3) is 5.25. The fourth-order valence-electron chi connectivity index (χ4n) is 2.65. The molecule has 3 nitrogen and oxygen atoms in total. The average molecular weight is 256 g/mol. The second-order valence-corrected chi connectivity index (χ2v) is 5.73. The molecule has 2 atom stereocenters. The maximum absolute atomic E-state index is 5.45. The molecule has 0 aromatic rings. The van der Waals surface area contributed by atoms with E-state index in [2.05, 4.69) is 38.0 Å². The van der Waals surface area contributed by atoms with Crippen LogP contribution in [-0.4, -0.2) is 50.3 Å². The van der Waals surface area contributed by atoms with Gasteiger partial charge in [0.15, 0.2) is 0 Å². The summed E-state index contributed by atoms with van der Waals surface area (Å²) in [4.78, 5) is 2.54. The summed E-state index contributed by atoms with van der Waals surface area (Å²) in [6, 6.07) is 1.34. The van der Waals surface area contributed by atoms with Crippen LogP contribution < -0.4 is 5.32 Å². The average Bonchev–Trinajstić information content (AvgIpc) is 2.43. The van der Waals surface area contributed by atoms with Gasteiger partial charge in [-0.2, -0.15) is 0 Å². The number of likely N-dealkylation sites (N-methyl/N-ethyl adjacent to an activating group) is 1. The monoisotopic (exact) mass is 256 g/mol. The highest BCUT2D eigenvalue weighted by atomic mass is 16.5. The second-order valence-electron chi connectivity index (χ2n) is 5.73. The molecule has 1 aliphatic rings. The number of ether oxygens (including phenoxy) is 1. The van der Waals surface area contributed by atoms with E-state index in [4.69, 9.17) is 4.74 Å². The van der Waals surface area contributed by atoms with E-state index in [1.54, 1.807) is 0 Å². The van der Waals surface area contributed by atoms with Crippen molar-refractivity contribution in [3.05, 3.63) is 0 Å². The van der Waals surface area contributed by atoms with Crippen LogP contribution in [0.25, 0.3) is 0 Å². The fraction of sp³-hybridized carbons (Fsp3) is 1.00. The van der Waals surface area contributed by atoms with Gasteiger partial charge in [0, 0.05) is 31.8 Å². The van der Waals surface area contributed by atoms with Crippen molar-refractivity contribution in [1.29, 1.82) is 0 Å². The van der Waals surface area contributed by atoms with Crippen LogP contribution in [-0.2, 0) is 4.74 Å². The van der Waals surface area contributed by atoms with Crippen LogP contribution in [0.4, 0.5) is 0 Å². The number of rotatable bonds is 8. The molecule has 0 amide bonds. The van der Waals surface area contributed by atoms with Gasteiger partial charge in [0.05, 0.1) is 0 Å². The van der Waals surface area contributed by atoms with Crippen molar-refractivity contribution in [2.75, 3.05) is 33.4 Å². The van der Waals surface area contributed by atoms with Crippen LogP contribution in [0.2, 0.25) is 0 Å². The first-order valence-corrected chi connectivity index (χ1v) is 7.70. The van der Waals surface area contributed by atoms with Gasteiger partial charge in [0.1, 0.15) is 0 Å². The summed E-state index contributed by atoms with van der Waals surface area (Å²) < 4.78 is 5.45. The molecule has 1 rings (SSSR count). The predicted octanol–water partition coefficient (Wildman–Crippen LogP) is 2.51. The Bertz CT molecular complexity index is 205. The van der Waals surface area contributed by atoms with Gasteiger partial charge in [-0.05, 0) is 38.8 Å². The largest absolute Gasteiger partial charge is 0.381 e. The zero-order valence-electron chi connectivity index (χ0n) is 12.7. The highest BCUT2D eigenvalue weighted by Gasteiger charge is 2.23. The van der Waals surface area contributed by atoms with Crippen LogP contribution >= 0.6 is 0 Å². The van der Waals surface area contributed by atoms with E-state index < -0.39 is 0 Å². The van der Waals surface area contributed by atoms with Crippen LogP contribution in [0.1, 0.15) is 46.5 Å². The van der Waals surface area contributed by atoms with Crippen molar-refractivity contribution >= 4 is 0 Å². The lowest BCUT2D eigenvalue weighted by atomic mass is 9.97. The van der Waals surface area contributed by atoms with Crippen LogP contribution in [0.5, 0.6) is 0 Å². The summed E-state index contributed by atoms with van der Waals surface area (Å²) in [5.74, 6) is 0.749. The number of hydrogen-bond donors (Lipinski definition) is 1. The molecule has 0 aromatic heterocycles. The van der Waals surface area contributed by atoms with Crippen molar-refractivity contribution in [2.45, 2.75) is 58.5 Å². The van der Waals surface area contributed by atoms with Crippen molar-refractivity contribution in [1.82, 2.24) is 10.2 Å². The minimum Gasteiger partial charge on any atom is -0.381 e. The first kappa shape index (κ1) is 15.9. The summed E-state index contributed by atoms with van der Waals surface area (Å²) in [6.45, 7) is 11.1. The third-order valence-electron chi connectivity index (χ3n) is 4.29. The van der Waals surface area contributed by atoms with Crippen LogP contribution in [0.3, 0.4) is 0 Å². The van der Waals surface area contributed by atoms with Crippen LogP contribution in [0.15, 0.2) is 0 Å². The molecule has 2 unspecified atom stereocenters. The van der Waals surface area contributed by atoms with Crippen molar-refractivity contribution < 1.29 is 4.74 Å². The molecule has 1 aliphatic heterocycles. The molecule has 0 aromatic carbocycles. The lowest BCUT2D eigenvalue weighted by molar-refractivity contribution is 0.0380. The molecular formula is C15H32N2O. The predicted molar refractivity (Wildman–Crippen MR) is 78.0 cm³/mol. The van der Waals surface area contributed by atoms with Gasteiger partial charge in [-0.15, -0.1) is 0 Å². The second kappa shape index (κ2) is 8.89. The molecule has 0 spiro atoms. The SMILES string of the molecule is CCCNC(CN(C)C1CCOCC1)C(C)CC. The summed E-state index contributed by atoms with van der Waals surface area (Å²) in [6.07, 6.45) is 4.85. The molecule has 1 saturated heterocycles. The van der Waals surface area contributed by atoms with Gasteiger partial charge in [-0.1, -0.05) is 27.2 Å². The lowest BCUT2D eigenvalue weighted by Gasteiger charge is -2.35. The Morgan fingerprint density at radius 3 is 2.50 bits per heavy atom. The molecule has 108 valence electrons. The third-order valence-corrected chi connectivity index (χ3v) is 4.29. The van der Waals surface area contributed by atoms with E-state index in [-0.39, 0.29) is 0 Å². The quantitative estimate of drug-likeness (QED) is 0.722. The van der Waals surface area contributed by atoms with Crippen molar-refractivity contribution in [2.24, 2.45) is 5.92 Å². The highest BCUT2D eigenvalue weighted by Crippen LogP contribution is 2.16.